The molecule has 5 nitrogen and oxygen atoms in total. The molecule has 1 saturated heterocycles. The molecule has 0 bridgehead atoms. The van der Waals surface area contributed by atoms with Crippen LogP contribution in [-0.4, -0.2) is 43.5 Å². The molecule has 1 fully saturated rings. The zero-order chi connectivity index (χ0) is 24.7. The highest BCUT2D eigenvalue weighted by atomic mass is 19.1. The molecule has 0 atom stereocenters. The summed E-state index contributed by atoms with van der Waals surface area (Å²) in [6.07, 6.45) is 2.07. The first kappa shape index (κ1) is 24.5. The maximum Gasteiger partial charge on any atom is 0.230 e. The number of nitrogens with one attached hydrogen (secondary N) is 1. The first-order valence-electron chi connectivity index (χ1n) is 12.0. The number of carbonyl (C=O) groups excluding carboxylic acids is 2. The third-order valence-corrected chi connectivity index (χ3v) is 6.86. The summed E-state index contributed by atoms with van der Waals surface area (Å²) >= 11 is 0. The Morgan fingerprint density at radius 3 is 2.17 bits per heavy atom. The van der Waals surface area contributed by atoms with Crippen LogP contribution < -0.4 is 10.1 Å². The van der Waals surface area contributed by atoms with Gasteiger partial charge in [-0.15, -0.1) is 0 Å². The molecule has 1 heterocycles. The molecule has 6 heteroatoms. The van der Waals surface area contributed by atoms with Crippen LogP contribution in [0.25, 0.3) is 0 Å². The van der Waals surface area contributed by atoms with Gasteiger partial charge in [-0.1, -0.05) is 54.6 Å². The van der Waals surface area contributed by atoms with Crippen molar-refractivity contribution in [1.29, 1.82) is 0 Å². The zero-order valence-corrected chi connectivity index (χ0v) is 20.0. The van der Waals surface area contributed by atoms with E-state index in [-0.39, 0.29) is 24.1 Å². The summed E-state index contributed by atoms with van der Waals surface area (Å²) in [5.41, 5.74) is 2.22. The molecule has 182 valence electrons. The van der Waals surface area contributed by atoms with Gasteiger partial charge in [0.15, 0.2) is 0 Å². The summed E-state index contributed by atoms with van der Waals surface area (Å²) in [4.78, 5) is 28.2. The van der Waals surface area contributed by atoms with Crippen LogP contribution in [0.3, 0.4) is 0 Å². The summed E-state index contributed by atoms with van der Waals surface area (Å²) in [6, 6.07) is 23.7. The van der Waals surface area contributed by atoms with Crippen molar-refractivity contribution in [1.82, 2.24) is 10.2 Å². The van der Waals surface area contributed by atoms with Crippen LogP contribution in [0.5, 0.6) is 5.75 Å². The van der Waals surface area contributed by atoms with Gasteiger partial charge in [0.25, 0.3) is 0 Å². The van der Waals surface area contributed by atoms with E-state index in [0.29, 0.717) is 32.5 Å². The molecule has 35 heavy (non-hydrogen) atoms. The molecule has 0 saturated carbocycles. The van der Waals surface area contributed by atoms with Crippen LogP contribution in [0, 0.1) is 5.82 Å². The van der Waals surface area contributed by atoms with Crippen LogP contribution in [0.1, 0.15) is 29.5 Å². The van der Waals surface area contributed by atoms with E-state index in [1.807, 2.05) is 59.5 Å². The first-order valence-corrected chi connectivity index (χ1v) is 12.0. The van der Waals surface area contributed by atoms with Crippen LogP contribution in [0.4, 0.5) is 4.39 Å². The SMILES string of the molecule is COc1ccc(CCNC(=O)C2(c3ccccc3)CCN(C(=O)Cc3ccc(F)cc3)CC2)cc1. The molecule has 1 N–H and O–H groups in total. The molecular weight excluding hydrogens is 443 g/mol. The van der Waals surface area contributed by atoms with Gasteiger partial charge in [-0.3, -0.25) is 9.59 Å². The lowest BCUT2D eigenvalue weighted by atomic mass is 9.72. The van der Waals surface area contributed by atoms with Gasteiger partial charge in [0.1, 0.15) is 11.6 Å². The molecule has 0 radical (unpaired) electrons. The van der Waals surface area contributed by atoms with Crippen molar-refractivity contribution in [2.45, 2.75) is 31.1 Å². The van der Waals surface area contributed by atoms with Gasteiger partial charge in [-0.25, -0.2) is 4.39 Å². The summed E-state index contributed by atoms with van der Waals surface area (Å²) in [5.74, 6) is 0.493. The molecule has 4 rings (SSSR count). The second kappa shape index (κ2) is 11.2. The molecular formula is C29H31FN2O3. The fraction of sp³-hybridized carbons (Fsp3) is 0.310. The zero-order valence-electron chi connectivity index (χ0n) is 20.0. The second-order valence-electron chi connectivity index (χ2n) is 8.99. The van der Waals surface area contributed by atoms with Gasteiger partial charge < -0.3 is 15.0 Å². The Balaban J connectivity index is 1.40. The standard InChI is InChI=1S/C29H31FN2O3/c1-35-26-13-9-22(10-14-26)15-18-31-28(34)29(24-5-3-2-4-6-24)16-19-32(20-17-29)27(33)21-23-7-11-25(30)12-8-23/h2-14H,15-21H2,1H3,(H,31,34). The molecule has 3 aromatic carbocycles. The van der Waals surface area contributed by atoms with E-state index < -0.39 is 5.41 Å². The average molecular weight is 475 g/mol. The number of carbonyl (C=O) groups is 2. The number of piperidine rings is 1. The minimum Gasteiger partial charge on any atom is -0.497 e. The van der Waals surface area contributed by atoms with E-state index in [9.17, 15) is 14.0 Å². The molecule has 0 unspecified atom stereocenters. The number of rotatable bonds is 8. The molecule has 0 spiro atoms. The van der Waals surface area contributed by atoms with Gasteiger partial charge >= 0.3 is 0 Å². The van der Waals surface area contributed by atoms with Crippen molar-refractivity contribution in [2.24, 2.45) is 0 Å². The summed E-state index contributed by atoms with van der Waals surface area (Å²) in [7, 11) is 1.64. The van der Waals surface area contributed by atoms with Crippen LogP contribution in [0.15, 0.2) is 78.9 Å². The van der Waals surface area contributed by atoms with Crippen LogP contribution in [-0.2, 0) is 27.8 Å². The van der Waals surface area contributed by atoms with Crippen molar-refractivity contribution in [3.8, 4) is 5.75 Å². The number of hydrogen-bond donors (Lipinski definition) is 1. The quantitative estimate of drug-likeness (QED) is 0.530. The number of halogens is 1. The highest BCUT2D eigenvalue weighted by Crippen LogP contribution is 2.36. The van der Waals surface area contributed by atoms with Gasteiger partial charge in [-0.05, 0) is 60.2 Å². The fourth-order valence-corrected chi connectivity index (χ4v) is 4.71. The maximum absolute atomic E-state index is 13.5. The van der Waals surface area contributed by atoms with Gasteiger partial charge in [0.05, 0.1) is 18.9 Å². The normalized spacial score (nSPS) is 14.9. The van der Waals surface area contributed by atoms with E-state index in [0.717, 1.165) is 28.9 Å². The molecule has 1 aliphatic heterocycles. The minimum absolute atomic E-state index is 0.00168. The van der Waals surface area contributed by atoms with Crippen molar-refractivity contribution in [2.75, 3.05) is 26.7 Å². The Bertz CT molecular complexity index is 1120. The predicted octanol–water partition coefficient (Wildman–Crippen LogP) is 4.30. The van der Waals surface area contributed by atoms with Crippen molar-refractivity contribution in [3.63, 3.8) is 0 Å². The van der Waals surface area contributed by atoms with Crippen LogP contribution in [0.2, 0.25) is 0 Å². The number of hydrogen-bond acceptors (Lipinski definition) is 3. The van der Waals surface area contributed by atoms with Gasteiger partial charge in [0.2, 0.25) is 11.8 Å². The Kier molecular flexibility index (Phi) is 7.80. The Morgan fingerprint density at radius 2 is 1.54 bits per heavy atom. The van der Waals surface area contributed by atoms with Gasteiger partial charge in [-0.2, -0.15) is 0 Å². The molecule has 3 aromatic rings. The lowest BCUT2D eigenvalue weighted by Gasteiger charge is -2.41. The minimum atomic E-state index is -0.673. The smallest absolute Gasteiger partial charge is 0.230 e. The van der Waals surface area contributed by atoms with Crippen molar-refractivity contribution < 1.29 is 18.7 Å². The first-order chi connectivity index (χ1) is 17.0. The topological polar surface area (TPSA) is 58.6 Å². The lowest BCUT2D eigenvalue weighted by Crippen LogP contribution is -2.53. The van der Waals surface area contributed by atoms with E-state index in [2.05, 4.69) is 5.32 Å². The summed E-state index contributed by atoms with van der Waals surface area (Å²) in [6.45, 7) is 1.54. The fourth-order valence-electron chi connectivity index (χ4n) is 4.71. The Hall–Kier alpha value is -3.67. The predicted molar refractivity (Wildman–Crippen MR) is 134 cm³/mol. The van der Waals surface area contributed by atoms with Crippen molar-refractivity contribution in [3.05, 3.63) is 101 Å². The highest BCUT2D eigenvalue weighted by molar-refractivity contribution is 5.89. The Morgan fingerprint density at radius 1 is 0.914 bits per heavy atom. The number of likely N-dealkylation sites (tertiary alicyclic amines) is 1. The lowest BCUT2D eigenvalue weighted by molar-refractivity contribution is -0.136. The number of amides is 2. The molecule has 1 aliphatic rings. The maximum atomic E-state index is 13.5. The summed E-state index contributed by atoms with van der Waals surface area (Å²) in [5, 5.41) is 3.15. The second-order valence-corrected chi connectivity index (χ2v) is 8.99. The van der Waals surface area contributed by atoms with E-state index in [1.54, 1.807) is 19.2 Å². The third-order valence-electron chi connectivity index (χ3n) is 6.86. The number of methoxy groups -OCH3 is 1. The molecule has 0 aliphatic carbocycles. The average Bonchev–Trinajstić information content (AvgIpc) is 2.91. The largest absolute Gasteiger partial charge is 0.497 e. The number of nitrogens with zero attached hydrogens (tertiary/aromatic N) is 1. The summed E-state index contributed by atoms with van der Waals surface area (Å²) < 4.78 is 18.4. The van der Waals surface area contributed by atoms with Crippen molar-refractivity contribution >= 4 is 11.8 Å². The van der Waals surface area contributed by atoms with Gasteiger partial charge in [0, 0.05) is 19.6 Å². The number of benzene rings is 3. The van der Waals surface area contributed by atoms with E-state index in [4.69, 9.17) is 4.74 Å². The van der Waals surface area contributed by atoms with Crippen LogP contribution >= 0.6 is 0 Å². The monoisotopic (exact) mass is 474 g/mol. The third kappa shape index (κ3) is 5.88. The number of ether oxygens (including phenoxy) is 1. The van der Waals surface area contributed by atoms with E-state index >= 15 is 0 Å². The molecule has 2 amide bonds. The molecule has 0 aromatic heterocycles. The highest BCUT2D eigenvalue weighted by Gasteiger charge is 2.43. The van der Waals surface area contributed by atoms with E-state index in [1.165, 1.54) is 12.1 Å². The Labute approximate surface area is 205 Å².